The smallest absolute Gasteiger partial charge is 0.182 e. The molecule has 1 aromatic heterocycles. The van der Waals surface area contributed by atoms with Gasteiger partial charge in [0.1, 0.15) is 17.3 Å². The molecule has 0 saturated carbocycles. The predicted octanol–water partition coefficient (Wildman–Crippen LogP) is 5.06. The number of nitrogens with one attached hydrogen (secondary N) is 3. The van der Waals surface area contributed by atoms with Gasteiger partial charge in [-0.25, -0.2) is 4.39 Å². The normalized spacial score (nSPS) is 11.2. The van der Waals surface area contributed by atoms with Gasteiger partial charge in [0, 0.05) is 29.0 Å². The molecule has 3 aromatic carbocycles. The SMILES string of the molecule is COc1cc2nccc(Oc3ccc(NC(NC#N)Nc4ccc(F)cc4)cc3)c2cc1OC. The highest BCUT2D eigenvalue weighted by Gasteiger charge is 2.12. The molecule has 3 N–H and O–H groups in total. The van der Waals surface area contributed by atoms with Crippen LogP contribution in [0.3, 0.4) is 0 Å². The molecule has 1 atom stereocenters. The molecular weight excluding hydrogens is 437 g/mol. The maximum atomic E-state index is 13.1. The number of rotatable bonds is 9. The van der Waals surface area contributed by atoms with Crippen molar-refractivity contribution in [2.24, 2.45) is 0 Å². The minimum atomic E-state index is -0.603. The molecule has 4 rings (SSSR count). The van der Waals surface area contributed by atoms with Crippen molar-refractivity contribution in [3.05, 3.63) is 78.7 Å². The summed E-state index contributed by atoms with van der Waals surface area (Å²) in [5.74, 6) is 2.07. The Morgan fingerprint density at radius 3 is 2.09 bits per heavy atom. The summed E-state index contributed by atoms with van der Waals surface area (Å²) in [6.45, 7) is 0. The third-order valence-corrected chi connectivity index (χ3v) is 4.96. The van der Waals surface area contributed by atoms with Crippen LogP contribution >= 0.6 is 0 Å². The van der Waals surface area contributed by atoms with Gasteiger partial charge in [0.15, 0.2) is 24.0 Å². The third-order valence-electron chi connectivity index (χ3n) is 4.96. The van der Waals surface area contributed by atoms with Gasteiger partial charge in [-0.1, -0.05) is 0 Å². The second-order valence-corrected chi connectivity index (χ2v) is 7.14. The molecule has 1 heterocycles. The van der Waals surface area contributed by atoms with E-state index in [-0.39, 0.29) is 5.82 Å². The number of ether oxygens (including phenoxy) is 3. The fourth-order valence-electron chi connectivity index (χ4n) is 3.33. The molecule has 0 aliphatic rings. The van der Waals surface area contributed by atoms with E-state index in [2.05, 4.69) is 20.9 Å². The first-order valence-electron chi connectivity index (χ1n) is 10.3. The number of aromatic nitrogens is 1. The average molecular weight is 459 g/mol. The van der Waals surface area contributed by atoms with Gasteiger partial charge in [-0.15, -0.1) is 0 Å². The van der Waals surface area contributed by atoms with Crippen LogP contribution in [0.1, 0.15) is 0 Å². The Morgan fingerprint density at radius 2 is 1.47 bits per heavy atom. The number of hydrogen-bond donors (Lipinski definition) is 3. The Morgan fingerprint density at radius 1 is 0.853 bits per heavy atom. The molecule has 8 nitrogen and oxygen atoms in total. The number of halogens is 1. The molecule has 0 bridgehead atoms. The minimum absolute atomic E-state index is 0.335. The fraction of sp³-hybridized carbons (Fsp3) is 0.120. The summed E-state index contributed by atoms with van der Waals surface area (Å²) >= 11 is 0. The van der Waals surface area contributed by atoms with Crippen LogP contribution in [0.15, 0.2) is 72.9 Å². The van der Waals surface area contributed by atoms with Gasteiger partial charge in [-0.2, -0.15) is 5.26 Å². The minimum Gasteiger partial charge on any atom is -0.493 e. The summed E-state index contributed by atoms with van der Waals surface area (Å²) in [4.78, 5) is 4.38. The van der Waals surface area contributed by atoms with E-state index in [0.29, 0.717) is 34.2 Å². The number of fused-ring (bicyclic) bond motifs is 1. The van der Waals surface area contributed by atoms with Crippen molar-refractivity contribution in [3.8, 4) is 29.2 Å². The number of nitrogens with zero attached hydrogens (tertiary/aromatic N) is 2. The van der Waals surface area contributed by atoms with Crippen LogP contribution in [0.5, 0.6) is 23.0 Å². The standard InChI is InChI=1S/C25H22FN5O3/c1-32-23-13-20-21(14-24(23)33-2)28-12-11-22(20)34-19-9-7-18(8-10-19)31-25(29-15-27)30-17-5-3-16(26)4-6-17/h3-14,25,29-31H,1-2H3. The Labute approximate surface area is 195 Å². The number of hydrogen-bond acceptors (Lipinski definition) is 8. The molecule has 34 heavy (non-hydrogen) atoms. The van der Waals surface area contributed by atoms with E-state index in [1.54, 1.807) is 56.8 Å². The molecule has 0 spiro atoms. The quantitative estimate of drug-likeness (QED) is 0.181. The van der Waals surface area contributed by atoms with Gasteiger partial charge in [0.05, 0.1) is 19.7 Å². The van der Waals surface area contributed by atoms with Crippen LogP contribution in [0.2, 0.25) is 0 Å². The number of pyridine rings is 1. The van der Waals surface area contributed by atoms with E-state index < -0.39 is 6.29 Å². The van der Waals surface area contributed by atoms with Crippen LogP contribution in [-0.4, -0.2) is 25.5 Å². The third kappa shape index (κ3) is 5.19. The zero-order valence-corrected chi connectivity index (χ0v) is 18.5. The van der Waals surface area contributed by atoms with Crippen molar-refractivity contribution in [2.45, 2.75) is 6.29 Å². The lowest BCUT2D eigenvalue weighted by atomic mass is 10.2. The topological polar surface area (TPSA) is 100 Å². The fourth-order valence-corrected chi connectivity index (χ4v) is 3.33. The Hall–Kier alpha value is -4.71. The van der Waals surface area contributed by atoms with Gasteiger partial charge < -0.3 is 24.8 Å². The Balaban J connectivity index is 1.49. The molecule has 0 saturated heterocycles. The van der Waals surface area contributed by atoms with Gasteiger partial charge >= 0.3 is 0 Å². The average Bonchev–Trinajstić information content (AvgIpc) is 2.86. The van der Waals surface area contributed by atoms with Crippen LogP contribution in [0.25, 0.3) is 10.9 Å². The van der Waals surface area contributed by atoms with Crippen LogP contribution < -0.4 is 30.2 Å². The molecule has 0 radical (unpaired) electrons. The molecule has 172 valence electrons. The van der Waals surface area contributed by atoms with E-state index in [9.17, 15) is 4.39 Å². The maximum absolute atomic E-state index is 13.1. The lowest BCUT2D eigenvalue weighted by Crippen LogP contribution is -2.40. The van der Waals surface area contributed by atoms with Gasteiger partial charge in [0.25, 0.3) is 0 Å². The molecular formula is C25H22FN5O3. The van der Waals surface area contributed by atoms with E-state index in [1.807, 2.05) is 24.4 Å². The maximum Gasteiger partial charge on any atom is 0.182 e. The molecule has 0 fully saturated rings. The predicted molar refractivity (Wildman–Crippen MR) is 128 cm³/mol. The van der Waals surface area contributed by atoms with E-state index in [4.69, 9.17) is 19.5 Å². The van der Waals surface area contributed by atoms with E-state index in [1.165, 1.54) is 12.1 Å². The summed E-state index contributed by atoms with van der Waals surface area (Å²) in [6, 6.07) is 18.5. The summed E-state index contributed by atoms with van der Waals surface area (Å²) < 4.78 is 30.0. The first kappa shape index (κ1) is 22.5. The van der Waals surface area contributed by atoms with Crippen molar-refractivity contribution in [1.82, 2.24) is 10.3 Å². The largest absolute Gasteiger partial charge is 0.493 e. The van der Waals surface area contributed by atoms with Crippen molar-refractivity contribution in [2.75, 3.05) is 24.9 Å². The second-order valence-electron chi connectivity index (χ2n) is 7.14. The zero-order valence-electron chi connectivity index (χ0n) is 18.5. The lowest BCUT2D eigenvalue weighted by Gasteiger charge is -2.21. The first-order chi connectivity index (χ1) is 16.6. The van der Waals surface area contributed by atoms with Crippen molar-refractivity contribution >= 4 is 22.3 Å². The number of nitriles is 1. The molecule has 0 aliphatic carbocycles. The van der Waals surface area contributed by atoms with Crippen molar-refractivity contribution < 1.29 is 18.6 Å². The zero-order chi connectivity index (χ0) is 23.9. The Bertz CT molecular complexity index is 1310. The summed E-state index contributed by atoms with van der Waals surface area (Å²) in [5, 5.41) is 18.7. The molecule has 9 heteroatoms. The summed E-state index contributed by atoms with van der Waals surface area (Å²) in [6.07, 6.45) is 2.96. The van der Waals surface area contributed by atoms with Crippen LogP contribution in [-0.2, 0) is 0 Å². The highest BCUT2D eigenvalue weighted by Crippen LogP contribution is 2.37. The molecule has 4 aromatic rings. The molecule has 1 unspecified atom stereocenters. The second kappa shape index (κ2) is 10.3. The molecule has 0 amide bonds. The van der Waals surface area contributed by atoms with Gasteiger partial charge in [-0.05, 0) is 60.7 Å². The summed E-state index contributed by atoms with van der Waals surface area (Å²) in [5.41, 5.74) is 2.10. The van der Waals surface area contributed by atoms with Crippen LogP contribution in [0.4, 0.5) is 15.8 Å². The Kier molecular flexibility index (Phi) is 6.79. The highest BCUT2D eigenvalue weighted by molar-refractivity contribution is 5.88. The highest BCUT2D eigenvalue weighted by atomic mass is 19.1. The number of methoxy groups -OCH3 is 2. The molecule has 0 aliphatic heterocycles. The lowest BCUT2D eigenvalue weighted by molar-refractivity contribution is 0.355. The number of anilines is 2. The van der Waals surface area contributed by atoms with E-state index in [0.717, 1.165) is 11.1 Å². The first-order valence-corrected chi connectivity index (χ1v) is 10.3. The van der Waals surface area contributed by atoms with E-state index >= 15 is 0 Å². The van der Waals surface area contributed by atoms with Gasteiger partial charge in [-0.3, -0.25) is 10.3 Å². The summed E-state index contributed by atoms with van der Waals surface area (Å²) in [7, 11) is 3.15. The van der Waals surface area contributed by atoms with Crippen molar-refractivity contribution in [3.63, 3.8) is 0 Å². The van der Waals surface area contributed by atoms with Crippen molar-refractivity contribution in [1.29, 1.82) is 5.26 Å². The van der Waals surface area contributed by atoms with Crippen LogP contribution in [0, 0.1) is 17.3 Å². The number of benzene rings is 3. The van der Waals surface area contributed by atoms with Gasteiger partial charge in [0.2, 0.25) is 0 Å². The monoisotopic (exact) mass is 459 g/mol.